The summed E-state index contributed by atoms with van der Waals surface area (Å²) in [5.41, 5.74) is 1.47. The molecule has 6 nitrogen and oxygen atoms in total. The van der Waals surface area contributed by atoms with Crippen molar-refractivity contribution in [2.24, 2.45) is 0 Å². The second-order valence-corrected chi connectivity index (χ2v) is 9.28. The first kappa shape index (κ1) is 20.9. The summed E-state index contributed by atoms with van der Waals surface area (Å²) < 4.78 is 59.3. The third kappa shape index (κ3) is 4.10. The number of aryl methyl sites for hydroxylation is 1. The lowest BCUT2D eigenvalue weighted by Gasteiger charge is -2.26. The summed E-state index contributed by atoms with van der Waals surface area (Å²) in [5, 5.41) is 0. The molecule has 0 bridgehead atoms. The molecule has 1 saturated heterocycles. The van der Waals surface area contributed by atoms with Gasteiger partial charge in [0.05, 0.1) is 23.8 Å². The lowest BCUT2D eigenvalue weighted by molar-refractivity contribution is -0.118. The number of sulfonamides is 1. The Labute approximate surface area is 174 Å². The number of carbonyl (C=O) groups excluding carboxylic acids is 1. The molecule has 2 aliphatic rings. The maximum absolute atomic E-state index is 13.9. The Morgan fingerprint density at radius 3 is 2.43 bits per heavy atom. The van der Waals surface area contributed by atoms with Crippen molar-refractivity contribution in [1.29, 1.82) is 0 Å². The van der Waals surface area contributed by atoms with Crippen LogP contribution in [0.15, 0.2) is 41.3 Å². The van der Waals surface area contributed by atoms with Crippen LogP contribution in [-0.2, 0) is 32.4 Å². The van der Waals surface area contributed by atoms with Gasteiger partial charge in [0.2, 0.25) is 15.9 Å². The fourth-order valence-corrected chi connectivity index (χ4v) is 5.24. The van der Waals surface area contributed by atoms with Crippen LogP contribution in [0, 0.1) is 11.6 Å². The molecule has 0 aromatic heterocycles. The number of nitrogens with zero attached hydrogens (tertiary/aromatic N) is 2. The number of amides is 1. The van der Waals surface area contributed by atoms with Gasteiger partial charge in [-0.25, -0.2) is 17.2 Å². The highest BCUT2D eigenvalue weighted by molar-refractivity contribution is 7.89. The van der Waals surface area contributed by atoms with Gasteiger partial charge in [-0.3, -0.25) is 4.79 Å². The van der Waals surface area contributed by atoms with Gasteiger partial charge in [-0.1, -0.05) is 12.1 Å². The average Bonchev–Trinajstić information content (AvgIpc) is 3.17. The van der Waals surface area contributed by atoms with E-state index in [1.165, 1.54) is 15.3 Å². The summed E-state index contributed by atoms with van der Waals surface area (Å²) in [6.45, 7) is 1.75. The molecule has 0 saturated carbocycles. The Hall–Kier alpha value is -2.36. The molecule has 1 amide bonds. The van der Waals surface area contributed by atoms with E-state index in [0.29, 0.717) is 56.9 Å². The molecule has 4 rings (SSSR count). The van der Waals surface area contributed by atoms with Crippen molar-refractivity contribution < 1.29 is 26.7 Å². The average molecular weight is 436 g/mol. The van der Waals surface area contributed by atoms with E-state index in [9.17, 15) is 22.0 Å². The number of benzene rings is 2. The Morgan fingerprint density at radius 1 is 1.03 bits per heavy atom. The van der Waals surface area contributed by atoms with Gasteiger partial charge in [0.25, 0.3) is 0 Å². The molecule has 0 unspecified atom stereocenters. The van der Waals surface area contributed by atoms with Crippen LogP contribution < -0.4 is 4.90 Å². The molecule has 160 valence electrons. The standard InChI is InChI=1S/C21H22F2N2O4S/c22-16-13-19(23)18-7-8-25(20(18)14-16)21(26)6-3-15-1-4-17(5-2-15)30(27,28)24-9-11-29-12-10-24/h1-2,4-5,13-14H,3,6-12H2. The zero-order chi connectivity index (χ0) is 21.3. The van der Waals surface area contributed by atoms with E-state index < -0.39 is 21.7 Å². The van der Waals surface area contributed by atoms with Crippen LogP contribution in [0.4, 0.5) is 14.5 Å². The predicted molar refractivity (Wildman–Crippen MR) is 107 cm³/mol. The molecule has 0 aliphatic carbocycles. The van der Waals surface area contributed by atoms with Crippen LogP contribution in [-0.4, -0.2) is 51.5 Å². The molecular weight excluding hydrogens is 414 g/mol. The van der Waals surface area contributed by atoms with Gasteiger partial charge in [-0.05, 0) is 36.6 Å². The first-order valence-electron chi connectivity index (χ1n) is 9.81. The van der Waals surface area contributed by atoms with Crippen molar-refractivity contribution >= 4 is 21.6 Å². The van der Waals surface area contributed by atoms with E-state index in [2.05, 4.69) is 0 Å². The van der Waals surface area contributed by atoms with Crippen LogP contribution in [0.1, 0.15) is 17.5 Å². The highest BCUT2D eigenvalue weighted by Crippen LogP contribution is 2.31. The number of hydrogen-bond donors (Lipinski definition) is 0. The summed E-state index contributed by atoms with van der Waals surface area (Å²) in [7, 11) is -3.56. The Kier molecular flexibility index (Phi) is 5.86. The van der Waals surface area contributed by atoms with Gasteiger partial charge >= 0.3 is 0 Å². The van der Waals surface area contributed by atoms with Crippen molar-refractivity contribution in [2.45, 2.75) is 24.2 Å². The number of anilines is 1. The minimum atomic E-state index is -3.56. The summed E-state index contributed by atoms with van der Waals surface area (Å²) >= 11 is 0. The van der Waals surface area contributed by atoms with Crippen LogP contribution in [0.3, 0.4) is 0 Å². The number of rotatable bonds is 5. The molecule has 0 N–H and O–H groups in total. The molecule has 30 heavy (non-hydrogen) atoms. The minimum absolute atomic E-state index is 0.160. The smallest absolute Gasteiger partial charge is 0.243 e. The van der Waals surface area contributed by atoms with Crippen LogP contribution in [0.2, 0.25) is 0 Å². The van der Waals surface area contributed by atoms with E-state index in [4.69, 9.17) is 4.74 Å². The number of ether oxygens (including phenoxy) is 1. The molecule has 0 spiro atoms. The number of carbonyl (C=O) groups is 1. The van der Waals surface area contributed by atoms with Gasteiger partial charge in [0.15, 0.2) is 0 Å². The van der Waals surface area contributed by atoms with Gasteiger partial charge in [0.1, 0.15) is 11.6 Å². The Morgan fingerprint density at radius 2 is 1.73 bits per heavy atom. The van der Waals surface area contributed by atoms with Crippen molar-refractivity contribution in [1.82, 2.24) is 4.31 Å². The Bertz CT molecular complexity index is 1050. The number of fused-ring (bicyclic) bond motifs is 1. The van der Waals surface area contributed by atoms with E-state index >= 15 is 0 Å². The summed E-state index contributed by atoms with van der Waals surface area (Å²) in [5.74, 6) is -1.55. The van der Waals surface area contributed by atoms with Crippen molar-refractivity contribution in [3.05, 3.63) is 59.2 Å². The first-order chi connectivity index (χ1) is 14.4. The quantitative estimate of drug-likeness (QED) is 0.723. The monoisotopic (exact) mass is 436 g/mol. The van der Waals surface area contributed by atoms with Crippen molar-refractivity contribution in [3.63, 3.8) is 0 Å². The second kappa shape index (κ2) is 8.41. The lowest BCUT2D eigenvalue weighted by Crippen LogP contribution is -2.40. The van der Waals surface area contributed by atoms with Crippen molar-refractivity contribution in [2.75, 3.05) is 37.7 Å². The highest BCUT2D eigenvalue weighted by atomic mass is 32.2. The summed E-state index contributed by atoms with van der Waals surface area (Å²) in [4.78, 5) is 14.2. The molecular formula is C21H22F2N2O4S. The molecule has 0 radical (unpaired) electrons. The zero-order valence-electron chi connectivity index (χ0n) is 16.3. The molecule has 9 heteroatoms. The number of morpholine rings is 1. The second-order valence-electron chi connectivity index (χ2n) is 7.34. The zero-order valence-corrected chi connectivity index (χ0v) is 17.1. The van der Waals surface area contributed by atoms with Crippen LogP contribution >= 0.6 is 0 Å². The number of halogens is 2. The molecule has 2 aromatic rings. The maximum atomic E-state index is 13.9. The van der Waals surface area contributed by atoms with E-state index in [0.717, 1.165) is 11.6 Å². The predicted octanol–water partition coefficient (Wildman–Crippen LogP) is 2.51. The summed E-state index contributed by atoms with van der Waals surface area (Å²) in [6.07, 6.45) is 0.925. The third-order valence-corrected chi connectivity index (χ3v) is 7.39. The molecule has 2 aliphatic heterocycles. The molecule has 2 heterocycles. The van der Waals surface area contributed by atoms with Crippen LogP contribution in [0.5, 0.6) is 0 Å². The van der Waals surface area contributed by atoms with E-state index in [1.54, 1.807) is 24.3 Å². The first-order valence-corrected chi connectivity index (χ1v) is 11.3. The summed E-state index contributed by atoms with van der Waals surface area (Å²) in [6, 6.07) is 8.49. The minimum Gasteiger partial charge on any atom is -0.379 e. The Balaban J connectivity index is 1.40. The maximum Gasteiger partial charge on any atom is 0.243 e. The van der Waals surface area contributed by atoms with Crippen LogP contribution in [0.25, 0.3) is 0 Å². The van der Waals surface area contributed by atoms with E-state index in [1.807, 2.05) is 0 Å². The van der Waals surface area contributed by atoms with Gasteiger partial charge < -0.3 is 9.64 Å². The van der Waals surface area contributed by atoms with Crippen molar-refractivity contribution in [3.8, 4) is 0 Å². The fourth-order valence-electron chi connectivity index (χ4n) is 3.83. The topological polar surface area (TPSA) is 66.9 Å². The molecule has 2 aromatic carbocycles. The molecule has 0 atom stereocenters. The normalized spacial score (nSPS) is 17.2. The lowest BCUT2D eigenvalue weighted by atomic mass is 10.1. The van der Waals surface area contributed by atoms with Gasteiger partial charge in [0, 0.05) is 37.7 Å². The highest BCUT2D eigenvalue weighted by Gasteiger charge is 2.28. The molecule has 1 fully saturated rings. The largest absolute Gasteiger partial charge is 0.379 e. The number of hydrogen-bond acceptors (Lipinski definition) is 4. The fraction of sp³-hybridized carbons (Fsp3) is 0.381. The van der Waals surface area contributed by atoms with Gasteiger partial charge in [-0.15, -0.1) is 0 Å². The van der Waals surface area contributed by atoms with Gasteiger partial charge in [-0.2, -0.15) is 4.31 Å². The van der Waals surface area contributed by atoms with E-state index in [-0.39, 0.29) is 17.2 Å². The SMILES string of the molecule is O=C(CCc1ccc(S(=O)(=O)N2CCOCC2)cc1)N1CCc2c(F)cc(F)cc21. The third-order valence-electron chi connectivity index (χ3n) is 5.47.